The number of pyridine rings is 1. The molecule has 0 unspecified atom stereocenters. The van der Waals surface area contributed by atoms with Crippen molar-refractivity contribution in [3.05, 3.63) is 66.3 Å². The molecule has 2 aromatic heterocycles. The summed E-state index contributed by atoms with van der Waals surface area (Å²) in [6.45, 7) is 6.04. The fourth-order valence-electron chi connectivity index (χ4n) is 3.42. The first-order valence-electron chi connectivity index (χ1n) is 7.47. The zero-order valence-corrected chi connectivity index (χ0v) is 14.9. The molecule has 0 spiro atoms. The number of hydrogen-bond donors (Lipinski definition) is 1. The highest BCUT2D eigenvalue weighted by atomic mass is 79.9. The minimum Gasteiger partial charge on any atom is -0.506 e. The van der Waals surface area contributed by atoms with Crippen LogP contribution in [0.25, 0.3) is 16.7 Å². The Morgan fingerprint density at radius 1 is 1.21 bits per heavy atom. The third-order valence-electron chi connectivity index (χ3n) is 4.71. The number of aromatic hydroxyl groups is 1. The first kappa shape index (κ1) is 15.2. The molecule has 1 aromatic carbocycles. The molecule has 0 aliphatic carbocycles. The largest absolute Gasteiger partial charge is 0.506 e. The SMILES string of the molecule is Cc1ccc2c(c1)C(C)(C)c1cc3oc(=O)c(Br)c(O)c3c(=O)n1-2. The maximum Gasteiger partial charge on any atom is 0.354 e. The molecule has 3 heterocycles. The summed E-state index contributed by atoms with van der Waals surface area (Å²) in [4.78, 5) is 24.9. The van der Waals surface area contributed by atoms with E-state index in [1.807, 2.05) is 32.9 Å². The molecule has 0 amide bonds. The van der Waals surface area contributed by atoms with Crippen LogP contribution in [0.15, 0.2) is 42.7 Å². The third-order valence-corrected chi connectivity index (χ3v) is 5.40. The van der Waals surface area contributed by atoms with E-state index in [-0.39, 0.29) is 21.2 Å². The van der Waals surface area contributed by atoms with Crippen molar-refractivity contribution in [2.75, 3.05) is 0 Å². The molecular formula is C18H14BrNO4. The van der Waals surface area contributed by atoms with Crippen molar-refractivity contribution in [2.24, 2.45) is 0 Å². The Morgan fingerprint density at radius 2 is 1.92 bits per heavy atom. The van der Waals surface area contributed by atoms with Crippen molar-refractivity contribution in [2.45, 2.75) is 26.2 Å². The van der Waals surface area contributed by atoms with Gasteiger partial charge in [-0.2, -0.15) is 0 Å². The summed E-state index contributed by atoms with van der Waals surface area (Å²) in [5.74, 6) is -0.389. The minimum absolute atomic E-state index is 0.00514. The number of nitrogens with zero attached hydrogens (tertiary/aromatic N) is 1. The van der Waals surface area contributed by atoms with Crippen molar-refractivity contribution in [1.29, 1.82) is 0 Å². The van der Waals surface area contributed by atoms with Gasteiger partial charge in [0.15, 0.2) is 5.75 Å². The molecule has 24 heavy (non-hydrogen) atoms. The Morgan fingerprint density at radius 3 is 2.62 bits per heavy atom. The van der Waals surface area contributed by atoms with Crippen molar-refractivity contribution >= 4 is 26.9 Å². The first-order valence-corrected chi connectivity index (χ1v) is 8.26. The lowest BCUT2D eigenvalue weighted by atomic mass is 9.82. The van der Waals surface area contributed by atoms with Crippen LogP contribution in [0.5, 0.6) is 5.75 Å². The number of rotatable bonds is 0. The van der Waals surface area contributed by atoms with Crippen LogP contribution in [-0.4, -0.2) is 9.67 Å². The Hall–Kier alpha value is -2.34. The van der Waals surface area contributed by atoms with Gasteiger partial charge in [0.2, 0.25) is 0 Å². The monoisotopic (exact) mass is 387 g/mol. The van der Waals surface area contributed by atoms with Gasteiger partial charge < -0.3 is 9.52 Å². The van der Waals surface area contributed by atoms with Gasteiger partial charge in [0.05, 0.1) is 5.69 Å². The van der Waals surface area contributed by atoms with Crippen LogP contribution in [0, 0.1) is 6.92 Å². The van der Waals surface area contributed by atoms with E-state index in [2.05, 4.69) is 22.0 Å². The molecule has 0 saturated carbocycles. The molecule has 0 bridgehead atoms. The summed E-state index contributed by atoms with van der Waals surface area (Å²) in [6, 6.07) is 7.57. The zero-order valence-electron chi connectivity index (χ0n) is 13.3. The molecule has 5 nitrogen and oxygen atoms in total. The number of benzene rings is 1. The van der Waals surface area contributed by atoms with E-state index < -0.39 is 16.6 Å². The topological polar surface area (TPSA) is 72.4 Å². The summed E-state index contributed by atoms with van der Waals surface area (Å²) < 4.78 is 6.66. The molecule has 0 radical (unpaired) electrons. The van der Waals surface area contributed by atoms with Gasteiger partial charge in [-0.15, -0.1) is 0 Å². The van der Waals surface area contributed by atoms with Gasteiger partial charge in [0.25, 0.3) is 5.56 Å². The summed E-state index contributed by atoms with van der Waals surface area (Å²) in [5.41, 5.74) is 2.19. The van der Waals surface area contributed by atoms with Gasteiger partial charge in [0.1, 0.15) is 15.4 Å². The van der Waals surface area contributed by atoms with Crippen LogP contribution < -0.4 is 11.2 Å². The molecule has 1 aliphatic heterocycles. The molecule has 122 valence electrons. The molecule has 3 aromatic rings. The molecule has 0 saturated heterocycles. The van der Waals surface area contributed by atoms with E-state index in [0.717, 1.165) is 22.5 Å². The lowest BCUT2D eigenvalue weighted by Crippen LogP contribution is -2.24. The van der Waals surface area contributed by atoms with Crippen molar-refractivity contribution in [3.8, 4) is 11.4 Å². The molecule has 0 fully saturated rings. The lowest BCUT2D eigenvalue weighted by Gasteiger charge is -2.20. The van der Waals surface area contributed by atoms with Crippen molar-refractivity contribution < 1.29 is 9.52 Å². The van der Waals surface area contributed by atoms with Crippen molar-refractivity contribution in [3.63, 3.8) is 0 Å². The van der Waals surface area contributed by atoms with E-state index in [1.165, 1.54) is 0 Å². The van der Waals surface area contributed by atoms with Crippen LogP contribution in [0.4, 0.5) is 0 Å². The second-order valence-corrected chi connectivity index (χ2v) is 7.40. The molecule has 4 rings (SSSR count). The van der Waals surface area contributed by atoms with E-state index >= 15 is 0 Å². The van der Waals surface area contributed by atoms with Crippen LogP contribution in [-0.2, 0) is 5.41 Å². The Bertz CT molecular complexity index is 1150. The van der Waals surface area contributed by atoms with E-state index in [0.29, 0.717) is 0 Å². The number of aromatic nitrogens is 1. The highest BCUT2D eigenvalue weighted by molar-refractivity contribution is 9.10. The smallest absolute Gasteiger partial charge is 0.354 e. The van der Waals surface area contributed by atoms with Gasteiger partial charge in [-0.25, -0.2) is 4.79 Å². The normalized spacial score (nSPS) is 14.7. The van der Waals surface area contributed by atoms with Crippen LogP contribution in [0.1, 0.15) is 30.7 Å². The van der Waals surface area contributed by atoms with E-state index in [1.54, 1.807) is 10.6 Å². The molecule has 0 atom stereocenters. The van der Waals surface area contributed by atoms with E-state index in [9.17, 15) is 14.7 Å². The summed E-state index contributed by atoms with van der Waals surface area (Å²) in [7, 11) is 0. The van der Waals surface area contributed by atoms with Gasteiger partial charge >= 0.3 is 5.63 Å². The van der Waals surface area contributed by atoms with Crippen molar-refractivity contribution in [1.82, 2.24) is 4.57 Å². The molecule has 6 heteroatoms. The maximum absolute atomic E-state index is 13.1. The second-order valence-electron chi connectivity index (χ2n) is 6.61. The summed E-state index contributed by atoms with van der Waals surface area (Å²) >= 11 is 2.97. The number of hydrogen-bond acceptors (Lipinski definition) is 4. The predicted molar refractivity (Wildman–Crippen MR) is 94.3 cm³/mol. The molecule has 1 N–H and O–H groups in total. The Kier molecular flexibility index (Phi) is 2.91. The second kappa shape index (κ2) is 4.60. The van der Waals surface area contributed by atoms with Gasteiger partial charge in [-0.05, 0) is 34.5 Å². The third kappa shape index (κ3) is 1.74. The Balaban J connectivity index is 2.25. The fraction of sp³-hybridized carbons (Fsp3) is 0.222. The fourth-order valence-corrected chi connectivity index (χ4v) is 3.70. The molecule has 1 aliphatic rings. The quantitative estimate of drug-likeness (QED) is 0.641. The van der Waals surface area contributed by atoms with Gasteiger partial charge in [-0.3, -0.25) is 9.36 Å². The van der Waals surface area contributed by atoms with Crippen LogP contribution >= 0.6 is 15.9 Å². The number of fused-ring (bicyclic) bond motifs is 4. The lowest BCUT2D eigenvalue weighted by molar-refractivity contribution is 0.461. The summed E-state index contributed by atoms with van der Waals surface area (Å²) in [6.07, 6.45) is 0. The van der Waals surface area contributed by atoms with Gasteiger partial charge in [0, 0.05) is 17.2 Å². The van der Waals surface area contributed by atoms with E-state index in [4.69, 9.17) is 4.42 Å². The zero-order chi connectivity index (χ0) is 17.4. The highest BCUT2D eigenvalue weighted by Crippen LogP contribution is 2.43. The summed E-state index contributed by atoms with van der Waals surface area (Å²) in [5, 5.41) is 10.2. The number of aryl methyl sites for hydroxylation is 1. The standard InChI is InChI=1S/C18H14BrNO4/c1-8-4-5-10-9(6-8)18(2,3)12-7-11-13(16(22)20(10)12)15(21)14(19)17(23)24-11/h4-7,21H,1-3H3. The first-order chi connectivity index (χ1) is 11.2. The minimum atomic E-state index is -0.714. The maximum atomic E-state index is 13.1. The number of halogens is 1. The highest BCUT2D eigenvalue weighted by Gasteiger charge is 2.38. The molecular weight excluding hydrogens is 374 g/mol. The predicted octanol–water partition coefficient (Wildman–Crippen LogP) is 3.36. The average Bonchev–Trinajstić information content (AvgIpc) is 2.73. The van der Waals surface area contributed by atoms with Crippen LogP contribution in [0.2, 0.25) is 0 Å². The van der Waals surface area contributed by atoms with Gasteiger partial charge in [-0.1, -0.05) is 31.5 Å². The Labute approximate surface area is 145 Å². The van der Waals surface area contributed by atoms with Crippen LogP contribution in [0.3, 0.4) is 0 Å². The average molecular weight is 388 g/mol.